The summed E-state index contributed by atoms with van der Waals surface area (Å²) in [5.74, 6) is 0.870. The van der Waals surface area contributed by atoms with Crippen LogP contribution in [0.3, 0.4) is 0 Å². The van der Waals surface area contributed by atoms with Gasteiger partial charge >= 0.3 is 0 Å². The standard InChI is InChI=1S/C8H11NO2S2/c1-5(10)4-7(12)9-6-2-3-13-8(6)11/h6H,2-4H2,1H3,(H,9,12). The van der Waals surface area contributed by atoms with Gasteiger partial charge in [-0.05, 0) is 13.3 Å². The Morgan fingerprint density at radius 1 is 1.77 bits per heavy atom. The highest BCUT2D eigenvalue weighted by atomic mass is 32.2. The lowest BCUT2D eigenvalue weighted by molar-refractivity contribution is -0.116. The lowest BCUT2D eigenvalue weighted by atomic mass is 10.2. The molecule has 0 aromatic rings. The Hall–Kier alpha value is -0.420. The first kappa shape index (κ1) is 10.7. The molecule has 0 aliphatic carbocycles. The third-order valence-corrected chi connectivity index (χ3v) is 2.95. The zero-order chi connectivity index (χ0) is 9.84. The largest absolute Gasteiger partial charge is 0.369 e. The second-order valence-corrected chi connectivity index (χ2v) is 4.55. The predicted octanol–water partition coefficient (Wildman–Crippen LogP) is 0.915. The highest BCUT2D eigenvalue weighted by Crippen LogP contribution is 2.19. The van der Waals surface area contributed by atoms with Crippen molar-refractivity contribution in [1.82, 2.24) is 5.32 Å². The van der Waals surface area contributed by atoms with E-state index >= 15 is 0 Å². The van der Waals surface area contributed by atoms with Crippen LogP contribution in [0.15, 0.2) is 0 Å². The maximum absolute atomic E-state index is 11.2. The molecule has 1 rings (SSSR count). The quantitative estimate of drug-likeness (QED) is 0.712. The number of carbonyl (C=O) groups is 2. The molecule has 1 heterocycles. The Morgan fingerprint density at radius 3 is 2.92 bits per heavy atom. The summed E-state index contributed by atoms with van der Waals surface area (Å²) in [5.41, 5.74) is 0. The Bertz CT molecular complexity index is 253. The highest BCUT2D eigenvalue weighted by Gasteiger charge is 2.25. The second-order valence-electron chi connectivity index (χ2n) is 2.96. The van der Waals surface area contributed by atoms with Crippen LogP contribution in [-0.4, -0.2) is 27.7 Å². The summed E-state index contributed by atoms with van der Waals surface area (Å²) in [4.78, 5) is 22.3. The number of carbonyl (C=O) groups excluding carboxylic acids is 2. The van der Waals surface area contributed by atoms with Crippen molar-refractivity contribution in [3.8, 4) is 0 Å². The zero-order valence-corrected chi connectivity index (χ0v) is 8.96. The molecule has 0 radical (unpaired) electrons. The van der Waals surface area contributed by atoms with Gasteiger partial charge in [0, 0.05) is 5.75 Å². The van der Waals surface area contributed by atoms with Crippen LogP contribution in [-0.2, 0) is 9.59 Å². The minimum atomic E-state index is -0.170. The average molecular weight is 217 g/mol. The maximum Gasteiger partial charge on any atom is 0.211 e. The van der Waals surface area contributed by atoms with Gasteiger partial charge in [-0.25, -0.2) is 0 Å². The van der Waals surface area contributed by atoms with Crippen LogP contribution in [0, 0.1) is 0 Å². The van der Waals surface area contributed by atoms with Crippen LogP contribution >= 0.6 is 24.0 Å². The average Bonchev–Trinajstić information content (AvgIpc) is 2.34. The molecule has 1 aliphatic heterocycles. The molecule has 0 bridgehead atoms. The summed E-state index contributed by atoms with van der Waals surface area (Å²) in [6.07, 6.45) is 1.05. The number of hydrogen-bond donors (Lipinski definition) is 1. The summed E-state index contributed by atoms with van der Waals surface area (Å²) in [6.45, 7) is 1.49. The summed E-state index contributed by atoms with van der Waals surface area (Å²) < 4.78 is 0. The zero-order valence-electron chi connectivity index (χ0n) is 7.33. The van der Waals surface area contributed by atoms with Crippen molar-refractivity contribution in [3.63, 3.8) is 0 Å². The van der Waals surface area contributed by atoms with E-state index in [9.17, 15) is 9.59 Å². The van der Waals surface area contributed by atoms with Crippen molar-refractivity contribution in [2.24, 2.45) is 0 Å². The number of rotatable bonds is 3. The lowest BCUT2D eigenvalue weighted by Gasteiger charge is -2.10. The molecule has 1 atom stereocenters. The molecule has 5 heteroatoms. The van der Waals surface area contributed by atoms with E-state index in [1.807, 2.05) is 0 Å². The molecule has 72 valence electrons. The fourth-order valence-corrected chi connectivity index (χ4v) is 2.38. The van der Waals surface area contributed by atoms with Gasteiger partial charge in [-0.1, -0.05) is 24.0 Å². The summed E-state index contributed by atoms with van der Waals surface area (Å²) in [7, 11) is 0. The van der Waals surface area contributed by atoms with Gasteiger partial charge in [0.25, 0.3) is 0 Å². The monoisotopic (exact) mass is 217 g/mol. The third-order valence-electron chi connectivity index (χ3n) is 1.68. The first-order valence-electron chi connectivity index (χ1n) is 4.05. The fraction of sp³-hybridized carbons (Fsp3) is 0.625. The smallest absolute Gasteiger partial charge is 0.211 e. The molecule has 1 N–H and O–H groups in total. The van der Waals surface area contributed by atoms with E-state index in [-0.39, 0.29) is 23.4 Å². The molecule has 3 nitrogen and oxygen atoms in total. The highest BCUT2D eigenvalue weighted by molar-refractivity contribution is 8.14. The van der Waals surface area contributed by atoms with Crippen molar-refractivity contribution in [2.75, 3.05) is 5.75 Å². The number of ketones is 1. The SMILES string of the molecule is CC(=O)CC(=S)NC1CCSC1=O. The molecular formula is C8H11NO2S2. The minimum Gasteiger partial charge on any atom is -0.369 e. The van der Waals surface area contributed by atoms with Gasteiger partial charge < -0.3 is 5.32 Å². The molecule has 0 aromatic heterocycles. The maximum atomic E-state index is 11.2. The van der Waals surface area contributed by atoms with Gasteiger partial charge in [0.15, 0.2) is 0 Å². The third kappa shape index (κ3) is 3.44. The van der Waals surface area contributed by atoms with E-state index in [1.54, 1.807) is 0 Å². The van der Waals surface area contributed by atoms with Crippen molar-refractivity contribution < 1.29 is 9.59 Å². The van der Waals surface area contributed by atoms with Gasteiger partial charge in [-0.2, -0.15) is 0 Å². The number of thiocarbonyl (C=S) groups is 1. The van der Waals surface area contributed by atoms with Gasteiger partial charge in [-0.15, -0.1) is 0 Å². The lowest BCUT2D eigenvalue weighted by Crippen LogP contribution is -2.36. The first-order chi connectivity index (χ1) is 6.09. The first-order valence-corrected chi connectivity index (χ1v) is 5.44. The Balaban J connectivity index is 2.35. The van der Waals surface area contributed by atoms with Crippen LogP contribution in [0.2, 0.25) is 0 Å². The van der Waals surface area contributed by atoms with E-state index in [4.69, 9.17) is 12.2 Å². The van der Waals surface area contributed by atoms with Gasteiger partial charge in [-0.3, -0.25) is 9.59 Å². The van der Waals surface area contributed by atoms with Crippen LogP contribution in [0.4, 0.5) is 0 Å². The Labute approximate surface area is 86.6 Å². The number of hydrogen-bond acceptors (Lipinski definition) is 4. The minimum absolute atomic E-state index is 0.0237. The second kappa shape index (κ2) is 4.72. The Kier molecular flexibility index (Phi) is 3.87. The van der Waals surface area contributed by atoms with E-state index in [0.29, 0.717) is 4.99 Å². The van der Waals surface area contributed by atoms with Gasteiger partial charge in [0.2, 0.25) is 5.12 Å². The molecule has 1 unspecified atom stereocenters. The van der Waals surface area contributed by atoms with E-state index < -0.39 is 0 Å². The van der Waals surface area contributed by atoms with E-state index in [0.717, 1.165) is 12.2 Å². The normalized spacial score (nSPS) is 21.6. The van der Waals surface area contributed by atoms with E-state index in [2.05, 4.69) is 5.32 Å². The molecule has 1 aliphatic rings. The van der Waals surface area contributed by atoms with Crippen LogP contribution in [0.5, 0.6) is 0 Å². The molecule has 0 aromatic carbocycles. The number of thioether (sulfide) groups is 1. The molecular weight excluding hydrogens is 206 g/mol. The van der Waals surface area contributed by atoms with Gasteiger partial charge in [0.1, 0.15) is 5.78 Å². The summed E-state index contributed by atoms with van der Waals surface area (Å²) in [5, 5.41) is 3.03. The van der Waals surface area contributed by atoms with Crippen molar-refractivity contribution in [2.45, 2.75) is 25.8 Å². The van der Waals surface area contributed by atoms with Gasteiger partial charge in [0.05, 0.1) is 17.5 Å². The topological polar surface area (TPSA) is 46.2 Å². The number of Topliss-reactive ketones (excluding diaryl/α,β-unsaturated/α-hetero) is 1. The van der Waals surface area contributed by atoms with Crippen molar-refractivity contribution in [3.05, 3.63) is 0 Å². The molecule has 13 heavy (non-hydrogen) atoms. The molecule has 1 saturated heterocycles. The van der Waals surface area contributed by atoms with Crippen LogP contribution in [0.1, 0.15) is 19.8 Å². The van der Waals surface area contributed by atoms with Crippen LogP contribution in [0.25, 0.3) is 0 Å². The molecule has 0 amide bonds. The molecule has 0 saturated carbocycles. The summed E-state index contributed by atoms with van der Waals surface area (Å²) >= 11 is 6.25. The van der Waals surface area contributed by atoms with Crippen molar-refractivity contribution in [1.29, 1.82) is 0 Å². The molecule has 0 spiro atoms. The molecule has 1 fully saturated rings. The fourth-order valence-electron chi connectivity index (χ4n) is 1.10. The van der Waals surface area contributed by atoms with E-state index in [1.165, 1.54) is 18.7 Å². The predicted molar refractivity (Wildman–Crippen MR) is 56.9 cm³/mol. The Morgan fingerprint density at radius 2 is 2.46 bits per heavy atom. The van der Waals surface area contributed by atoms with Crippen molar-refractivity contribution >= 4 is 39.9 Å². The number of nitrogens with one attached hydrogen (secondary N) is 1. The van der Waals surface area contributed by atoms with Crippen LogP contribution < -0.4 is 5.32 Å². The summed E-state index contributed by atoms with van der Waals surface area (Å²) in [6, 6.07) is -0.170.